The molecule has 1 aromatic carbocycles. The van der Waals surface area contributed by atoms with Crippen LogP contribution in [-0.2, 0) is 11.3 Å². The van der Waals surface area contributed by atoms with E-state index < -0.39 is 0 Å². The first-order chi connectivity index (χ1) is 7.20. The number of nitrogens with zero attached hydrogens (tertiary/aromatic N) is 1. The lowest BCUT2D eigenvalue weighted by atomic mass is 10.1. The molecule has 0 aliphatic carbocycles. The molecule has 0 radical (unpaired) electrons. The number of likely N-dealkylation sites (N-methyl/N-ethyl adjacent to an activating group) is 1. The highest BCUT2D eigenvalue weighted by Gasteiger charge is 2.11. The van der Waals surface area contributed by atoms with E-state index in [0.29, 0.717) is 12.6 Å². The molecule has 0 fully saturated rings. The third-order valence-corrected chi connectivity index (χ3v) is 2.66. The first-order valence-corrected chi connectivity index (χ1v) is 5.20. The van der Waals surface area contributed by atoms with E-state index in [1.165, 1.54) is 11.3 Å². The van der Waals surface area contributed by atoms with Gasteiger partial charge >= 0.3 is 0 Å². The number of benzene rings is 1. The van der Waals surface area contributed by atoms with Crippen LogP contribution in [0.3, 0.4) is 0 Å². The van der Waals surface area contributed by atoms with Crippen LogP contribution in [0, 0.1) is 0 Å². The Morgan fingerprint density at radius 3 is 2.67 bits per heavy atom. The van der Waals surface area contributed by atoms with Crippen LogP contribution in [0.25, 0.3) is 0 Å². The minimum absolute atomic E-state index is 0.350. The topological polar surface area (TPSA) is 38.5 Å². The van der Waals surface area contributed by atoms with Gasteiger partial charge < -0.3 is 15.4 Å². The Labute approximate surface area is 91.8 Å². The van der Waals surface area contributed by atoms with Gasteiger partial charge in [0.25, 0.3) is 0 Å². The molecule has 1 aromatic rings. The first-order valence-electron chi connectivity index (χ1n) is 5.20. The molecule has 0 aromatic heterocycles. The molecule has 84 valence electrons. The molecule has 1 rings (SSSR count). The summed E-state index contributed by atoms with van der Waals surface area (Å²) in [5.74, 6) is 0. The van der Waals surface area contributed by atoms with Crippen LogP contribution in [-0.4, -0.2) is 26.8 Å². The summed E-state index contributed by atoms with van der Waals surface area (Å²) >= 11 is 0. The largest absolute Gasteiger partial charge is 0.383 e. The number of hydrogen-bond donors (Lipinski definition) is 1. The lowest BCUT2D eigenvalue weighted by Crippen LogP contribution is -2.33. The Morgan fingerprint density at radius 1 is 1.40 bits per heavy atom. The van der Waals surface area contributed by atoms with E-state index in [0.717, 1.165) is 6.61 Å². The quantitative estimate of drug-likeness (QED) is 0.799. The number of anilines is 1. The van der Waals surface area contributed by atoms with Crippen LogP contribution in [0.5, 0.6) is 0 Å². The maximum atomic E-state index is 5.70. The molecule has 3 heteroatoms. The lowest BCUT2D eigenvalue weighted by molar-refractivity contribution is 0.183. The minimum Gasteiger partial charge on any atom is -0.383 e. The fourth-order valence-electron chi connectivity index (χ4n) is 1.62. The van der Waals surface area contributed by atoms with Crippen molar-refractivity contribution in [1.82, 2.24) is 0 Å². The second-order valence-electron chi connectivity index (χ2n) is 3.75. The standard InChI is InChI=1S/C12H20N2O/c1-10(9-15-3)14(2)12-7-5-4-6-11(12)8-13/h4-7,10H,8-9,13H2,1-3H3. The number of hydrogen-bond acceptors (Lipinski definition) is 3. The van der Waals surface area contributed by atoms with Gasteiger partial charge in [-0.15, -0.1) is 0 Å². The van der Waals surface area contributed by atoms with Gasteiger partial charge in [0.15, 0.2) is 0 Å². The van der Waals surface area contributed by atoms with Gasteiger partial charge in [0.2, 0.25) is 0 Å². The maximum Gasteiger partial charge on any atom is 0.0663 e. The third kappa shape index (κ3) is 2.94. The smallest absolute Gasteiger partial charge is 0.0663 e. The molecule has 3 nitrogen and oxygen atoms in total. The lowest BCUT2D eigenvalue weighted by Gasteiger charge is -2.28. The summed E-state index contributed by atoms with van der Waals surface area (Å²) in [6.07, 6.45) is 0. The van der Waals surface area contributed by atoms with Crippen LogP contribution >= 0.6 is 0 Å². The zero-order valence-electron chi connectivity index (χ0n) is 9.73. The average molecular weight is 208 g/mol. The van der Waals surface area contributed by atoms with E-state index in [-0.39, 0.29) is 0 Å². The Kier molecular flexibility index (Phi) is 4.59. The molecule has 0 spiro atoms. The van der Waals surface area contributed by atoms with Gasteiger partial charge in [0.1, 0.15) is 0 Å². The van der Waals surface area contributed by atoms with E-state index in [1.807, 2.05) is 12.1 Å². The third-order valence-electron chi connectivity index (χ3n) is 2.66. The monoisotopic (exact) mass is 208 g/mol. The van der Waals surface area contributed by atoms with Crippen molar-refractivity contribution in [2.24, 2.45) is 5.73 Å². The summed E-state index contributed by atoms with van der Waals surface area (Å²) in [6.45, 7) is 3.42. The second kappa shape index (κ2) is 5.73. The van der Waals surface area contributed by atoms with Crippen LogP contribution in [0.2, 0.25) is 0 Å². The highest BCUT2D eigenvalue weighted by Crippen LogP contribution is 2.20. The Balaban J connectivity index is 2.84. The molecule has 0 saturated heterocycles. The van der Waals surface area contributed by atoms with Crippen molar-refractivity contribution in [1.29, 1.82) is 0 Å². The van der Waals surface area contributed by atoms with Gasteiger partial charge in [-0.1, -0.05) is 18.2 Å². The number of nitrogens with two attached hydrogens (primary N) is 1. The number of methoxy groups -OCH3 is 1. The zero-order chi connectivity index (χ0) is 11.3. The summed E-state index contributed by atoms with van der Waals surface area (Å²) in [6, 6.07) is 8.55. The molecule has 1 unspecified atom stereocenters. The maximum absolute atomic E-state index is 5.70. The van der Waals surface area contributed by atoms with Crippen molar-refractivity contribution in [3.8, 4) is 0 Å². The molecule has 15 heavy (non-hydrogen) atoms. The molecule has 0 aliphatic heterocycles. The summed E-state index contributed by atoms with van der Waals surface area (Å²) in [4.78, 5) is 2.20. The van der Waals surface area contributed by atoms with Gasteiger partial charge in [-0.25, -0.2) is 0 Å². The molecule has 0 bridgehead atoms. The molecular formula is C12H20N2O. The van der Waals surface area contributed by atoms with Crippen molar-refractivity contribution >= 4 is 5.69 Å². The molecule has 0 aliphatic rings. The fourth-order valence-corrected chi connectivity index (χ4v) is 1.62. The highest BCUT2D eigenvalue weighted by molar-refractivity contribution is 5.53. The van der Waals surface area contributed by atoms with Crippen LogP contribution in [0.15, 0.2) is 24.3 Å². The van der Waals surface area contributed by atoms with Crippen molar-refractivity contribution in [2.75, 3.05) is 25.7 Å². The van der Waals surface area contributed by atoms with E-state index in [2.05, 4.69) is 31.0 Å². The average Bonchev–Trinajstić information content (AvgIpc) is 2.28. The van der Waals surface area contributed by atoms with Crippen molar-refractivity contribution in [3.05, 3.63) is 29.8 Å². The molecular weight excluding hydrogens is 188 g/mol. The Morgan fingerprint density at radius 2 is 2.07 bits per heavy atom. The van der Waals surface area contributed by atoms with E-state index in [9.17, 15) is 0 Å². The highest BCUT2D eigenvalue weighted by atomic mass is 16.5. The predicted octanol–water partition coefficient (Wildman–Crippen LogP) is 1.62. The van der Waals surface area contributed by atoms with Crippen molar-refractivity contribution < 1.29 is 4.74 Å². The molecule has 1 atom stereocenters. The zero-order valence-corrected chi connectivity index (χ0v) is 9.73. The summed E-state index contributed by atoms with van der Waals surface area (Å²) in [7, 11) is 3.79. The summed E-state index contributed by atoms with van der Waals surface area (Å²) in [5.41, 5.74) is 8.06. The van der Waals surface area contributed by atoms with Crippen molar-refractivity contribution in [2.45, 2.75) is 19.5 Å². The number of para-hydroxylation sites is 1. The predicted molar refractivity (Wildman–Crippen MR) is 64.1 cm³/mol. The Hall–Kier alpha value is -1.06. The molecule has 0 saturated carbocycles. The normalized spacial score (nSPS) is 12.5. The summed E-state index contributed by atoms with van der Waals surface area (Å²) < 4.78 is 5.15. The SMILES string of the molecule is COCC(C)N(C)c1ccccc1CN. The van der Waals surface area contributed by atoms with Gasteiger partial charge in [0, 0.05) is 32.4 Å². The van der Waals surface area contributed by atoms with E-state index >= 15 is 0 Å². The van der Waals surface area contributed by atoms with Gasteiger partial charge in [-0.05, 0) is 18.6 Å². The van der Waals surface area contributed by atoms with E-state index in [4.69, 9.17) is 10.5 Å². The second-order valence-corrected chi connectivity index (χ2v) is 3.75. The van der Waals surface area contributed by atoms with Gasteiger partial charge in [0.05, 0.1) is 6.61 Å². The van der Waals surface area contributed by atoms with Crippen LogP contribution in [0.1, 0.15) is 12.5 Å². The first kappa shape index (κ1) is 12.0. The number of rotatable bonds is 5. The fraction of sp³-hybridized carbons (Fsp3) is 0.500. The van der Waals surface area contributed by atoms with Crippen LogP contribution in [0.4, 0.5) is 5.69 Å². The minimum atomic E-state index is 0.350. The Bertz CT molecular complexity index is 301. The number of ether oxygens (including phenoxy) is 1. The van der Waals surface area contributed by atoms with E-state index in [1.54, 1.807) is 7.11 Å². The summed E-state index contributed by atoms with van der Waals surface area (Å²) in [5, 5.41) is 0. The van der Waals surface area contributed by atoms with Gasteiger partial charge in [-0.2, -0.15) is 0 Å². The van der Waals surface area contributed by atoms with Crippen LogP contribution < -0.4 is 10.6 Å². The molecule has 0 heterocycles. The molecule has 2 N–H and O–H groups in total. The van der Waals surface area contributed by atoms with Gasteiger partial charge in [-0.3, -0.25) is 0 Å². The van der Waals surface area contributed by atoms with Crippen molar-refractivity contribution in [3.63, 3.8) is 0 Å². The molecule has 0 amide bonds.